The molecule has 0 saturated heterocycles. The molecule has 2 aromatic rings. The van der Waals surface area contributed by atoms with Gasteiger partial charge in [-0.2, -0.15) is 0 Å². The summed E-state index contributed by atoms with van der Waals surface area (Å²) < 4.78 is 14.0. The first kappa shape index (κ1) is 13.1. The minimum absolute atomic E-state index is 0.163. The monoisotopic (exact) mass is 287 g/mol. The van der Waals surface area contributed by atoms with Crippen LogP contribution in [0, 0.1) is 5.82 Å². The van der Waals surface area contributed by atoms with Crippen LogP contribution in [0.5, 0.6) is 0 Å². The van der Waals surface area contributed by atoms with Gasteiger partial charge in [-0.05, 0) is 42.0 Å². The van der Waals surface area contributed by atoms with Crippen molar-refractivity contribution in [1.82, 2.24) is 0 Å². The number of anilines is 1. The molecule has 2 heterocycles. The normalized spacial score (nSPS) is 14.6. The van der Waals surface area contributed by atoms with Crippen LogP contribution in [-0.4, -0.2) is 12.5 Å². The number of carbonyl (C=O) groups excluding carboxylic acids is 1. The molecule has 0 aliphatic carbocycles. The van der Waals surface area contributed by atoms with E-state index in [9.17, 15) is 9.18 Å². The Hall–Kier alpha value is -1.94. The maximum Gasteiger partial charge on any atom is 0.251 e. The lowest BCUT2D eigenvalue weighted by Gasteiger charge is -2.28. The van der Waals surface area contributed by atoms with Crippen LogP contribution < -0.4 is 4.90 Å². The molecule has 1 amide bonds. The molecule has 0 radical (unpaired) electrons. The fourth-order valence-corrected chi connectivity index (χ4v) is 3.07. The zero-order chi connectivity index (χ0) is 13.9. The topological polar surface area (TPSA) is 20.3 Å². The van der Waals surface area contributed by atoms with E-state index in [4.69, 9.17) is 0 Å². The number of amides is 1. The highest BCUT2D eigenvalue weighted by molar-refractivity contribution is 7.10. The van der Waals surface area contributed by atoms with Gasteiger partial charge in [-0.25, -0.2) is 4.39 Å². The molecule has 0 N–H and O–H groups in total. The summed E-state index contributed by atoms with van der Waals surface area (Å²) in [7, 11) is 0. The van der Waals surface area contributed by atoms with Crippen molar-refractivity contribution in [2.45, 2.75) is 12.8 Å². The van der Waals surface area contributed by atoms with Gasteiger partial charge in [0.25, 0.3) is 5.91 Å². The Morgan fingerprint density at radius 2 is 2.20 bits per heavy atom. The molecule has 2 nitrogen and oxygen atoms in total. The molecular formula is C16H14FNOS. The van der Waals surface area contributed by atoms with Crippen LogP contribution in [0.15, 0.2) is 41.8 Å². The Bertz CT molecular complexity index is 649. The number of benzene rings is 1. The number of halogens is 1. The van der Waals surface area contributed by atoms with E-state index in [-0.39, 0.29) is 11.7 Å². The smallest absolute Gasteiger partial charge is 0.251 e. The van der Waals surface area contributed by atoms with E-state index < -0.39 is 0 Å². The molecule has 20 heavy (non-hydrogen) atoms. The predicted octanol–water partition coefficient (Wildman–Crippen LogP) is 3.88. The van der Waals surface area contributed by atoms with Crippen molar-refractivity contribution >= 4 is 29.0 Å². The summed E-state index contributed by atoms with van der Waals surface area (Å²) in [6.07, 6.45) is 5.00. The minimum atomic E-state index is -0.319. The lowest BCUT2D eigenvalue weighted by Crippen LogP contribution is -2.35. The van der Waals surface area contributed by atoms with E-state index in [0.29, 0.717) is 12.2 Å². The third kappa shape index (κ3) is 2.51. The van der Waals surface area contributed by atoms with Crippen molar-refractivity contribution in [3.05, 3.63) is 58.0 Å². The molecule has 0 fully saturated rings. The second-order valence-electron chi connectivity index (χ2n) is 4.69. The summed E-state index contributed by atoms with van der Waals surface area (Å²) in [5.74, 6) is -0.482. The summed E-state index contributed by atoms with van der Waals surface area (Å²) in [4.78, 5) is 14.8. The third-order valence-electron chi connectivity index (χ3n) is 3.37. The molecule has 0 unspecified atom stereocenters. The van der Waals surface area contributed by atoms with Crippen molar-refractivity contribution in [1.29, 1.82) is 0 Å². The van der Waals surface area contributed by atoms with Crippen LogP contribution in [0.1, 0.15) is 16.9 Å². The van der Waals surface area contributed by atoms with Crippen LogP contribution in [0.25, 0.3) is 6.08 Å². The van der Waals surface area contributed by atoms with Crippen molar-refractivity contribution in [2.75, 3.05) is 11.4 Å². The first-order valence-corrected chi connectivity index (χ1v) is 7.44. The van der Waals surface area contributed by atoms with E-state index in [1.165, 1.54) is 17.0 Å². The summed E-state index contributed by atoms with van der Waals surface area (Å²) in [5.41, 5.74) is 1.36. The molecule has 102 valence electrons. The highest BCUT2D eigenvalue weighted by Gasteiger charge is 2.23. The minimum Gasteiger partial charge on any atom is -0.306 e. The summed E-state index contributed by atoms with van der Waals surface area (Å²) in [6.45, 7) is 0.571. The van der Waals surface area contributed by atoms with Gasteiger partial charge >= 0.3 is 0 Å². The lowest BCUT2D eigenvalue weighted by molar-refractivity contribution is -0.114. The molecule has 1 aromatic carbocycles. The number of nitrogens with zero attached hydrogens (tertiary/aromatic N) is 1. The number of hydrogen-bond donors (Lipinski definition) is 0. The molecule has 1 aromatic heterocycles. The van der Waals surface area contributed by atoms with E-state index >= 15 is 0 Å². The molecule has 0 saturated carbocycles. The highest BCUT2D eigenvalue weighted by Crippen LogP contribution is 2.30. The van der Waals surface area contributed by atoms with Gasteiger partial charge in [-0.3, -0.25) is 4.79 Å². The maximum atomic E-state index is 14.0. The van der Waals surface area contributed by atoms with E-state index in [1.54, 1.807) is 23.5 Å². The third-order valence-corrected chi connectivity index (χ3v) is 4.21. The molecule has 1 aliphatic heterocycles. The number of thiophene rings is 1. The number of hydrogen-bond acceptors (Lipinski definition) is 2. The zero-order valence-electron chi connectivity index (χ0n) is 10.9. The first-order valence-electron chi connectivity index (χ1n) is 6.56. The molecule has 1 aliphatic rings. The standard InChI is InChI=1S/C16H14FNOS/c17-14-7-1-4-12-5-2-10-18(16(12)14)15(19)9-8-13-6-3-11-20-13/h1,3-4,6-9,11H,2,5,10H2/b9-8+. The van der Waals surface area contributed by atoms with Crippen LogP contribution in [0.2, 0.25) is 0 Å². The number of rotatable bonds is 2. The SMILES string of the molecule is O=C(/C=C/c1cccs1)N1CCCc2cccc(F)c21. The Labute approximate surface area is 121 Å². The van der Waals surface area contributed by atoms with Gasteiger partial charge in [0, 0.05) is 17.5 Å². The number of carbonyl (C=O) groups is 1. The Kier molecular flexibility index (Phi) is 3.65. The molecular weight excluding hydrogens is 273 g/mol. The van der Waals surface area contributed by atoms with Crippen molar-refractivity contribution in [3.8, 4) is 0 Å². The predicted molar refractivity (Wildman–Crippen MR) is 80.4 cm³/mol. The molecule has 0 atom stereocenters. The van der Waals surface area contributed by atoms with Crippen LogP contribution >= 0.6 is 11.3 Å². The Balaban J connectivity index is 1.87. The van der Waals surface area contributed by atoms with Crippen molar-refractivity contribution in [3.63, 3.8) is 0 Å². The second-order valence-corrected chi connectivity index (χ2v) is 5.67. The lowest BCUT2D eigenvalue weighted by atomic mass is 10.0. The van der Waals surface area contributed by atoms with Gasteiger partial charge in [0.1, 0.15) is 5.82 Å². The Morgan fingerprint density at radius 1 is 1.30 bits per heavy atom. The average Bonchev–Trinajstić information content (AvgIpc) is 2.98. The fraction of sp³-hybridized carbons (Fsp3) is 0.188. The molecule has 0 bridgehead atoms. The maximum absolute atomic E-state index is 14.0. The van der Waals surface area contributed by atoms with Gasteiger partial charge in [-0.15, -0.1) is 11.3 Å². The van der Waals surface area contributed by atoms with Crippen LogP contribution in [-0.2, 0) is 11.2 Å². The van der Waals surface area contributed by atoms with E-state index in [2.05, 4.69) is 0 Å². The van der Waals surface area contributed by atoms with E-state index in [1.807, 2.05) is 23.6 Å². The van der Waals surface area contributed by atoms with Gasteiger partial charge in [0.2, 0.25) is 0 Å². The molecule has 3 rings (SSSR count). The zero-order valence-corrected chi connectivity index (χ0v) is 11.7. The van der Waals surface area contributed by atoms with Crippen molar-refractivity contribution < 1.29 is 9.18 Å². The second kappa shape index (κ2) is 5.59. The largest absolute Gasteiger partial charge is 0.306 e. The molecule has 0 spiro atoms. The van der Waals surface area contributed by atoms with Crippen LogP contribution in [0.4, 0.5) is 10.1 Å². The fourth-order valence-electron chi connectivity index (χ4n) is 2.45. The number of fused-ring (bicyclic) bond motifs is 1. The van der Waals surface area contributed by atoms with Gasteiger partial charge < -0.3 is 4.90 Å². The summed E-state index contributed by atoms with van der Waals surface area (Å²) >= 11 is 1.57. The van der Waals surface area contributed by atoms with Crippen LogP contribution in [0.3, 0.4) is 0 Å². The van der Waals surface area contributed by atoms with E-state index in [0.717, 1.165) is 23.3 Å². The highest BCUT2D eigenvalue weighted by atomic mass is 32.1. The van der Waals surface area contributed by atoms with Crippen molar-refractivity contribution in [2.24, 2.45) is 0 Å². The van der Waals surface area contributed by atoms with Gasteiger partial charge in [-0.1, -0.05) is 18.2 Å². The Morgan fingerprint density at radius 3 is 3.00 bits per heavy atom. The molecule has 4 heteroatoms. The van der Waals surface area contributed by atoms with Gasteiger partial charge in [0.15, 0.2) is 0 Å². The average molecular weight is 287 g/mol. The quantitative estimate of drug-likeness (QED) is 0.768. The number of para-hydroxylation sites is 1. The van der Waals surface area contributed by atoms with Gasteiger partial charge in [0.05, 0.1) is 5.69 Å². The number of aryl methyl sites for hydroxylation is 1. The summed E-state index contributed by atoms with van der Waals surface area (Å²) in [5, 5.41) is 1.96. The summed E-state index contributed by atoms with van der Waals surface area (Å²) in [6, 6.07) is 8.88. The first-order chi connectivity index (χ1) is 9.75.